The number of hydrogen-bond donors (Lipinski definition) is 1. The number of nitrogens with zero attached hydrogens (tertiary/aromatic N) is 4. The molecule has 6 nitrogen and oxygen atoms in total. The van der Waals surface area contributed by atoms with Crippen molar-refractivity contribution in [2.24, 2.45) is 5.92 Å². The lowest BCUT2D eigenvalue weighted by Gasteiger charge is -2.12. The van der Waals surface area contributed by atoms with Crippen LogP contribution in [0.1, 0.15) is 32.0 Å². The van der Waals surface area contributed by atoms with Crippen molar-refractivity contribution in [2.45, 2.75) is 32.7 Å². The molecule has 16 heavy (non-hydrogen) atoms. The van der Waals surface area contributed by atoms with Crippen LogP contribution in [0.15, 0.2) is 0 Å². The molecule has 1 rings (SSSR count). The summed E-state index contributed by atoms with van der Waals surface area (Å²) in [6.45, 7) is 1.88. The van der Waals surface area contributed by atoms with E-state index in [1.807, 2.05) is 0 Å². The number of aromatic nitrogens is 4. The van der Waals surface area contributed by atoms with Crippen LogP contribution in [-0.2, 0) is 11.3 Å². The molecular formula is C8H12F2N4O2. The molecule has 0 spiro atoms. The fourth-order valence-corrected chi connectivity index (χ4v) is 1.33. The van der Waals surface area contributed by atoms with Crippen molar-refractivity contribution in [3.8, 4) is 0 Å². The quantitative estimate of drug-likeness (QED) is 0.797. The van der Waals surface area contributed by atoms with Crippen LogP contribution in [0.25, 0.3) is 0 Å². The minimum atomic E-state index is -2.75. The average Bonchev–Trinajstić information content (AvgIpc) is 2.64. The van der Waals surface area contributed by atoms with Gasteiger partial charge in [-0.2, -0.15) is 0 Å². The molecule has 0 aliphatic carbocycles. The molecule has 0 radical (unpaired) electrons. The molecule has 1 heterocycles. The maximum Gasteiger partial charge on any atom is 0.303 e. The van der Waals surface area contributed by atoms with Crippen molar-refractivity contribution in [1.82, 2.24) is 20.2 Å². The summed E-state index contributed by atoms with van der Waals surface area (Å²) in [6.07, 6.45) is -2.27. The van der Waals surface area contributed by atoms with E-state index in [1.54, 1.807) is 6.92 Å². The molecule has 0 amide bonds. The number of carboxylic acids is 1. The van der Waals surface area contributed by atoms with Gasteiger partial charge in [0.05, 0.1) is 0 Å². The van der Waals surface area contributed by atoms with Gasteiger partial charge < -0.3 is 5.11 Å². The minimum absolute atomic E-state index is 0.0843. The summed E-state index contributed by atoms with van der Waals surface area (Å²) in [6, 6.07) is 0. The van der Waals surface area contributed by atoms with Crippen molar-refractivity contribution >= 4 is 5.97 Å². The second-order valence-corrected chi connectivity index (χ2v) is 3.39. The molecule has 90 valence electrons. The molecule has 0 aromatic carbocycles. The number of carboxylic acid groups (broad SMARTS) is 1. The molecule has 1 atom stereocenters. The molecule has 0 saturated heterocycles. The van der Waals surface area contributed by atoms with Crippen LogP contribution in [-0.4, -0.2) is 31.3 Å². The first kappa shape index (κ1) is 12.5. The second-order valence-electron chi connectivity index (χ2n) is 3.39. The lowest BCUT2D eigenvalue weighted by molar-refractivity contribution is -0.138. The summed E-state index contributed by atoms with van der Waals surface area (Å²) in [5.41, 5.74) is 0. The maximum atomic E-state index is 12.4. The van der Waals surface area contributed by atoms with Crippen molar-refractivity contribution in [3.63, 3.8) is 0 Å². The second kappa shape index (κ2) is 5.47. The number of tetrazole rings is 1. The minimum Gasteiger partial charge on any atom is -0.481 e. The van der Waals surface area contributed by atoms with Gasteiger partial charge in [0.15, 0.2) is 0 Å². The van der Waals surface area contributed by atoms with Gasteiger partial charge in [0.1, 0.15) is 0 Å². The molecule has 0 aliphatic heterocycles. The van der Waals surface area contributed by atoms with Crippen LogP contribution in [0.3, 0.4) is 0 Å². The third-order valence-electron chi connectivity index (χ3n) is 2.23. The Morgan fingerprint density at radius 3 is 2.75 bits per heavy atom. The van der Waals surface area contributed by atoms with Crippen LogP contribution in [0.2, 0.25) is 0 Å². The van der Waals surface area contributed by atoms with Gasteiger partial charge >= 0.3 is 5.97 Å². The molecule has 0 aliphatic rings. The van der Waals surface area contributed by atoms with E-state index in [-0.39, 0.29) is 18.9 Å². The van der Waals surface area contributed by atoms with Crippen molar-refractivity contribution in [1.29, 1.82) is 0 Å². The largest absolute Gasteiger partial charge is 0.481 e. The number of rotatable bonds is 6. The highest BCUT2D eigenvalue weighted by atomic mass is 19.3. The van der Waals surface area contributed by atoms with Crippen LogP contribution in [0.5, 0.6) is 0 Å². The normalized spacial score (nSPS) is 13.0. The third-order valence-corrected chi connectivity index (χ3v) is 2.23. The standard InChI is InChI=1S/C8H12F2N4O2/c1-2-5(3-6(15)16)4-14-8(7(9)10)11-12-13-14/h5,7H,2-4H2,1H3,(H,15,16). The van der Waals surface area contributed by atoms with Crippen LogP contribution >= 0.6 is 0 Å². The van der Waals surface area contributed by atoms with Gasteiger partial charge in [-0.15, -0.1) is 5.10 Å². The van der Waals surface area contributed by atoms with Gasteiger partial charge in [0, 0.05) is 13.0 Å². The van der Waals surface area contributed by atoms with Crippen LogP contribution in [0, 0.1) is 5.92 Å². The van der Waals surface area contributed by atoms with Gasteiger partial charge in [-0.1, -0.05) is 13.3 Å². The Morgan fingerprint density at radius 1 is 1.56 bits per heavy atom. The monoisotopic (exact) mass is 234 g/mol. The average molecular weight is 234 g/mol. The lowest BCUT2D eigenvalue weighted by atomic mass is 10.0. The lowest BCUT2D eigenvalue weighted by Crippen LogP contribution is -2.17. The Kier molecular flexibility index (Phi) is 4.27. The topological polar surface area (TPSA) is 80.9 Å². The highest BCUT2D eigenvalue weighted by molar-refractivity contribution is 5.66. The summed E-state index contributed by atoms with van der Waals surface area (Å²) >= 11 is 0. The van der Waals surface area contributed by atoms with E-state index in [9.17, 15) is 13.6 Å². The van der Waals surface area contributed by atoms with Gasteiger partial charge in [0.2, 0.25) is 5.82 Å². The summed E-state index contributed by atoms with van der Waals surface area (Å²) in [4.78, 5) is 10.5. The highest BCUT2D eigenvalue weighted by Gasteiger charge is 2.20. The van der Waals surface area contributed by atoms with E-state index in [2.05, 4.69) is 15.5 Å². The van der Waals surface area contributed by atoms with Crippen molar-refractivity contribution in [3.05, 3.63) is 5.82 Å². The zero-order chi connectivity index (χ0) is 12.1. The van der Waals surface area contributed by atoms with Crippen LogP contribution in [0.4, 0.5) is 8.78 Å². The Morgan fingerprint density at radius 2 is 2.25 bits per heavy atom. The first-order valence-electron chi connectivity index (χ1n) is 4.80. The Hall–Kier alpha value is -1.60. The molecule has 0 bridgehead atoms. The van der Waals surface area contributed by atoms with Gasteiger partial charge in [-0.05, 0) is 16.3 Å². The summed E-state index contributed by atoms with van der Waals surface area (Å²) in [7, 11) is 0. The van der Waals surface area contributed by atoms with E-state index in [0.717, 1.165) is 4.68 Å². The van der Waals surface area contributed by atoms with Crippen molar-refractivity contribution < 1.29 is 18.7 Å². The number of hydrogen-bond acceptors (Lipinski definition) is 4. The molecule has 1 aromatic rings. The summed E-state index contributed by atoms with van der Waals surface area (Å²) < 4.78 is 25.8. The number of halogens is 2. The molecule has 1 unspecified atom stereocenters. The number of alkyl halides is 2. The van der Waals surface area contributed by atoms with Gasteiger partial charge in [-0.3, -0.25) is 4.79 Å². The van der Waals surface area contributed by atoms with E-state index in [0.29, 0.717) is 6.42 Å². The van der Waals surface area contributed by atoms with Crippen LogP contribution < -0.4 is 0 Å². The third kappa shape index (κ3) is 3.21. The summed E-state index contributed by atoms with van der Waals surface area (Å²) in [5, 5.41) is 18.4. The zero-order valence-electron chi connectivity index (χ0n) is 8.68. The Labute approximate surface area is 90.3 Å². The van der Waals surface area contributed by atoms with E-state index in [1.165, 1.54) is 0 Å². The van der Waals surface area contributed by atoms with E-state index in [4.69, 9.17) is 5.11 Å². The van der Waals surface area contributed by atoms with E-state index >= 15 is 0 Å². The maximum absolute atomic E-state index is 12.4. The SMILES string of the molecule is CCC(CC(=O)O)Cn1nnnc1C(F)F. The number of aliphatic carboxylic acids is 1. The molecule has 1 N–H and O–H groups in total. The van der Waals surface area contributed by atoms with Gasteiger partial charge in [-0.25, -0.2) is 13.5 Å². The zero-order valence-corrected chi connectivity index (χ0v) is 8.68. The fraction of sp³-hybridized carbons (Fsp3) is 0.750. The Bertz CT molecular complexity index is 356. The first-order chi connectivity index (χ1) is 7.54. The first-order valence-corrected chi connectivity index (χ1v) is 4.80. The molecular weight excluding hydrogens is 222 g/mol. The van der Waals surface area contributed by atoms with E-state index < -0.39 is 18.2 Å². The fourth-order valence-electron chi connectivity index (χ4n) is 1.33. The predicted octanol–water partition coefficient (Wildman–Crippen LogP) is 1.11. The highest BCUT2D eigenvalue weighted by Crippen LogP contribution is 2.17. The molecule has 8 heteroatoms. The predicted molar refractivity (Wildman–Crippen MR) is 48.8 cm³/mol. The summed E-state index contributed by atoms with van der Waals surface area (Å²) in [5.74, 6) is -1.74. The number of carbonyl (C=O) groups is 1. The molecule has 1 aromatic heterocycles. The molecule has 0 fully saturated rings. The van der Waals surface area contributed by atoms with Crippen molar-refractivity contribution in [2.75, 3.05) is 0 Å². The molecule has 0 saturated carbocycles. The smallest absolute Gasteiger partial charge is 0.303 e. The Balaban J connectivity index is 2.70. The van der Waals surface area contributed by atoms with Gasteiger partial charge in [0.25, 0.3) is 6.43 Å².